The van der Waals surface area contributed by atoms with Crippen molar-refractivity contribution in [3.8, 4) is 28.3 Å². The van der Waals surface area contributed by atoms with Crippen LogP contribution in [-0.4, -0.2) is 55.5 Å². The summed E-state index contributed by atoms with van der Waals surface area (Å²) in [5.74, 6) is 0.920. The Morgan fingerprint density at radius 2 is 1.92 bits per heavy atom. The molecule has 5 heterocycles. The number of benzene rings is 1. The summed E-state index contributed by atoms with van der Waals surface area (Å²) in [4.78, 5) is 19.4. The van der Waals surface area contributed by atoms with E-state index in [0.29, 0.717) is 36.7 Å². The van der Waals surface area contributed by atoms with E-state index in [9.17, 15) is 4.39 Å². The Balaban J connectivity index is 1.57. The van der Waals surface area contributed by atoms with Crippen LogP contribution in [0.1, 0.15) is 18.3 Å². The molecule has 1 atom stereocenters. The molecule has 1 fully saturated rings. The molecule has 1 saturated heterocycles. The summed E-state index contributed by atoms with van der Waals surface area (Å²) in [6.07, 6.45) is 5.30. The average molecular weight is 484 g/mol. The monoisotopic (exact) mass is 483 g/mol. The number of ether oxygens (including phenoxy) is 1. The molecular formula is C27H26FN7O. The maximum atomic E-state index is 14.6. The number of pyridine rings is 1. The standard InChI is InChI=1S/C27H26FN7O/c1-16-15-36-11-10-34(16)25-14-24(26-17(2)33-35(18(26)3)20-4-7-29-8-5-20)31-27(32-25)22-12-19(28)13-23-21(22)6-9-30-23/h4-9,12-14,16,30H,10-11,15H2,1-3H3/t16-/m1/s1. The maximum absolute atomic E-state index is 14.6. The number of nitrogens with one attached hydrogen (secondary N) is 1. The minimum atomic E-state index is -0.340. The molecule has 0 saturated carbocycles. The van der Waals surface area contributed by atoms with E-state index in [1.165, 1.54) is 12.1 Å². The van der Waals surface area contributed by atoms with Crippen LogP contribution in [0.2, 0.25) is 0 Å². The number of rotatable bonds is 4. The number of hydrogen-bond acceptors (Lipinski definition) is 6. The van der Waals surface area contributed by atoms with E-state index in [1.807, 2.05) is 42.8 Å². The zero-order valence-electron chi connectivity index (χ0n) is 20.4. The van der Waals surface area contributed by atoms with Crippen molar-refractivity contribution in [3.05, 3.63) is 72.2 Å². The Morgan fingerprint density at radius 1 is 1.08 bits per heavy atom. The Kier molecular flexibility index (Phi) is 5.49. The Labute approximate surface area is 207 Å². The van der Waals surface area contributed by atoms with Gasteiger partial charge < -0.3 is 14.6 Å². The average Bonchev–Trinajstić information content (AvgIpc) is 3.47. The molecule has 0 radical (unpaired) electrons. The van der Waals surface area contributed by atoms with E-state index in [-0.39, 0.29) is 11.9 Å². The van der Waals surface area contributed by atoms with Gasteiger partial charge in [0.25, 0.3) is 0 Å². The van der Waals surface area contributed by atoms with Crippen molar-refractivity contribution >= 4 is 16.7 Å². The van der Waals surface area contributed by atoms with Crippen molar-refractivity contribution in [3.63, 3.8) is 0 Å². The molecule has 0 spiro atoms. The number of aryl methyl sites for hydroxylation is 1. The molecule has 1 N–H and O–H groups in total. The van der Waals surface area contributed by atoms with Crippen molar-refractivity contribution in [1.82, 2.24) is 29.7 Å². The van der Waals surface area contributed by atoms with Gasteiger partial charge in [-0.2, -0.15) is 5.10 Å². The van der Waals surface area contributed by atoms with Crippen LogP contribution >= 0.6 is 0 Å². The van der Waals surface area contributed by atoms with E-state index < -0.39 is 0 Å². The Hall–Kier alpha value is -4.11. The molecule has 36 heavy (non-hydrogen) atoms. The third-order valence-electron chi connectivity index (χ3n) is 6.70. The lowest BCUT2D eigenvalue weighted by Crippen LogP contribution is -2.44. The first-order chi connectivity index (χ1) is 17.5. The van der Waals surface area contributed by atoms with Gasteiger partial charge >= 0.3 is 0 Å². The molecule has 1 aliphatic rings. The summed E-state index contributed by atoms with van der Waals surface area (Å²) in [7, 11) is 0. The van der Waals surface area contributed by atoms with Crippen LogP contribution in [0, 0.1) is 19.7 Å². The molecule has 9 heteroatoms. The van der Waals surface area contributed by atoms with E-state index >= 15 is 0 Å². The second-order valence-corrected chi connectivity index (χ2v) is 9.11. The topological polar surface area (TPSA) is 84.8 Å². The first-order valence-corrected chi connectivity index (χ1v) is 12.0. The highest BCUT2D eigenvalue weighted by Gasteiger charge is 2.25. The van der Waals surface area contributed by atoms with Crippen LogP contribution in [0.5, 0.6) is 0 Å². The van der Waals surface area contributed by atoms with Gasteiger partial charge in [0.15, 0.2) is 5.82 Å². The van der Waals surface area contributed by atoms with Crippen LogP contribution in [0.4, 0.5) is 10.2 Å². The largest absolute Gasteiger partial charge is 0.377 e. The minimum absolute atomic E-state index is 0.149. The second kappa shape index (κ2) is 8.83. The van der Waals surface area contributed by atoms with Gasteiger partial charge in [-0.3, -0.25) is 4.98 Å². The number of aromatic amines is 1. The van der Waals surface area contributed by atoms with Gasteiger partial charge in [-0.25, -0.2) is 19.0 Å². The molecule has 0 bridgehead atoms. The zero-order chi connectivity index (χ0) is 24.8. The van der Waals surface area contributed by atoms with Crippen LogP contribution in [0.25, 0.3) is 39.2 Å². The molecule has 0 aliphatic carbocycles. The van der Waals surface area contributed by atoms with Gasteiger partial charge in [0.1, 0.15) is 11.6 Å². The Bertz CT molecular complexity index is 1560. The second-order valence-electron chi connectivity index (χ2n) is 9.11. The lowest BCUT2D eigenvalue weighted by Gasteiger charge is -2.34. The number of morpholine rings is 1. The van der Waals surface area contributed by atoms with E-state index in [2.05, 4.69) is 21.8 Å². The predicted octanol–water partition coefficient (Wildman–Crippen LogP) is 4.85. The summed E-state index contributed by atoms with van der Waals surface area (Å²) >= 11 is 0. The fraction of sp³-hybridized carbons (Fsp3) is 0.259. The highest BCUT2D eigenvalue weighted by atomic mass is 19.1. The van der Waals surface area contributed by atoms with Gasteiger partial charge in [-0.1, -0.05) is 0 Å². The summed E-state index contributed by atoms with van der Waals surface area (Å²) in [6, 6.07) is 10.9. The number of aromatic nitrogens is 6. The Morgan fingerprint density at radius 3 is 2.72 bits per heavy atom. The van der Waals surface area contributed by atoms with Crippen LogP contribution in [0.15, 0.2) is 55.0 Å². The third-order valence-corrected chi connectivity index (χ3v) is 6.70. The number of hydrogen-bond donors (Lipinski definition) is 1. The van der Waals surface area contributed by atoms with Crippen molar-refractivity contribution in [1.29, 1.82) is 0 Å². The van der Waals surface area contributed by atoms with Gasteiger partial charge in [0, 0.05) is 53.2 Å². The highest BCUT2D eigenvalue weighted by Crippen LogP contribution is 2.34. The maximum Gasteiger partial charge on any atom is 0.162 e. The zero-order valence-corrected chi connectivity index (χ0v) is 20.4. The summed E-state index contributed by atoms with van der Waals surface area (Å²) < 4.78 is 22.2. The van der Waals surface area contributed by atoms with Crippen molar-refractivity contribution in [2.24, 2.45) is 0 Å². The fourth-order valence-electron chi connectivity index (χ4n) is 4.96. The van der Waals surface area contributed by atoms with Gasteiger partial charge in [-0.15, -0.1) is 0 Å². The molecule has 182 valence electrons. The summed E-state index contributed by atoms with van der Waals surface area (Å²) in [6.45, 7) is 8.08. The lowest BCUT2D eigenvalue weighted by atomic mass is 10.1. The van der Waals surface area contributed by atoms with E-state index in [4.69, 9.17) is 19.8 Å². The molecule has 0 amide bonds. The number of nitrogens with zero attached hydrogens (tertiary/aromatic N) is 6. The number of H-pyrrole nitrogens is 1. The van der Waals surface area contributed by atoms with Crippen molar-refractivity contribution < 1.29 is 9.13 Å². The highest BCUT2D eigenvalue weighted by molar-refractivity contribution is 5.94. The minimum Gasteiger partial charge on any atom is -0.377 e. The fourth-order valence-corrected chi connectivity index (χ4v) is 4.96. The van der Waals surface area contributed by atoms with Crippen LogP contribution < -0.4 is 4.90 Å². The number of fused-ring (bicyclic) bond motifs is 1. The third kappa shape index (κ3) is 3.81. The molecule has 0 unspecified atom stereocenters. The SMILES string of the molecule is Cc1nn(-c2ccncc2)c(C)c1-c1cc(N2CCOC[C@H]2C)nc(-c2cc(F)cc3[nH]ccc23)n1. The molecule has 6 rings (SSSR count). The quantitative estimate of drug-likeness (QED) is 0.393. The first kappa shape index (κ1) is 22.4. The molecule has 1 aromatic carbocycles. The molecule has 4 aromatic heterocycles. The molecular weight excluding hydrogens is 457 g/mol. The van der Waals surface area contributed by atoms with E-state index in [1.54, 1.807) is 18.6 Å². The van der Waals surface area contributed by atoms with Gasteiger partial charge in [0.2, 0.25) is 0 Å². The smallest absolute Gasteiger partial charge is 0.162 e. The lowest BCUT2D eigenvalue weighted by molar-refractivity contribution is 0.0985. The predicted molar refractivity (Wildman–Crippen MR) is 137 cm³/mol. The van der Waals surface area contributed by atoms with Crippen molar-refractivity contribution in [2.45, 2.75) is 26.8 Å². The van der Waals surface area contributed by atoms with Gasteiger partial charge in [-0.05, 0) is 51.1 Å². The number of halogens is 1. The number of anilines is 1. The normalized spacial score (nSPS) is 16.1. The molecule has 1 aliphatic heterocycles. The van der Waals surface area contributed by atoms with Crippen molar-refractivity contribution in [2.75, 3.05) is 24.7 Å². The van der Waals surface area contributed by atoms with Crippen LogP contribution in [0.3, 0.4) is 0 Å². The summed E-state index contributed by atoms with van der Waals surface area (Å²) in [5, 5.41) is 5.67. The molecule has 8 nitrogen and oxygen atoms in total. The summed E-state index contributed by atoms with van der Waals surface area (Å²) in [5.41, 5.74) is 5.75. The van der Waals surface area contributed by atoms with Crippen LogP contribution in [-0.2, 0) is 4.74 Å². The van der Waals surface area contributed by atoms with E-state index in [0.717, 1.165) is 39.5 Å². The first-order valence-electron chi connectivity index (χ1n) is 12.0. The molecule has 5 aromatic rings. The van der Waals surface area contributed by atoms with Gasteiger partial charge in [0.05, 0.1) is 42.0 Å².